The van der Waals surface area contributed by atoms with Crippen LogP contribution in [0.3, 0.4) is 0 Å². The van der Waals surface area contributed by atoms with E-state index in [0.29, 0.717) is 29.7 Å². The number of carbonyl (C=O) groups excluding carboxylic acids is 2. The van der Waals surface area contributed by atoms with Gasteiger partial charge >= 0.3 is 0 Å². The lowest BCUT2D eigenvalue weighted by molar-refractivity contribution is -0.127. The van der Waals surface area contributed by atoms with Crippen molar-refractivity contribution >= 4 is 11.7 Å². The maximum atomic E-state index is 12.4. The Morgan fingerprint density at radius 1 is 1.28 bits per heavy atom. The Morgan fingerprint density at radius 2 is 2.12 bits per heavy atom. The zero-order chi connectivity index (χ0) is 17.2. The van der Waals surface area contributed by atoms with Crippen LogP contribution in [-0.2, 0) is 16.6 Å². The molecular formula is C21H26N2O2. The summed E-state index contributed by atoms with van der Waals surface area (Å²) < 4.78 is 0. The normalized spacial score (nSPS) is 34.3. The summed E-state index contributed by atoms with van der Waals surface area (Å²) in [4.78, 5) is 26.8. The molecule has 3 fully saturated rings. The van der Waals surface area contributed by atoms with Crippen molar-refractivity contribution in [3.05, 3.63) is 34.9 Å². The minimum Gasteiger partial charge on any atom is -0.366 e. The minimum absolute atomic E-state index is 0.0565. The lowest BCUT2D eigenvalue weighted by atomic mass is 9.52. The lowest BCUT2D eigenvalue weighted by Gasteiger charge is -2.58. The quantitative estimate of drug-likeness (QED) is 0.921. The highest BCUT2D eigenvalue weighted by Gasteiger charge is 2.55. The van der Waals surface area contributed by atoms with Crippen LogP contribution in [0.2, 0.25) is 0 Å². The van der Waals surface area contributed by atoms with E-state index in [1.165, 1.54) is 30.5 Å². The first-order valence-corrected chi connectivity index (χ1v) is 9.76. The molecule has 1 heterocycles. The van der Waals surface area contributed by atoms with E-state index in [4.69, 9.17) is 5.73 Å². The average Bonchev–Trinajstić information content (AvgIpc) is 3.40. The molecule has 4 nitrogen and oxygen atoms in total. The number of benzene rings is 1. The molecule has 4 heteroatoms. The van der Waals surface area contributed by atoms with Gasteiger partial charge in [-0.15, -0.1) is 0 Å². The monoisotopic (exact) mass is 338 g/mol. The van der Waals surface area contributed by atoms with Crippen LogP contribution in [-0.4, -0.2) is 35.7 Å². The lowest BCUT2D eigenvalue weighted by Crippen LogP contribution is -2.62. The summed E-state index contributed by atoms with van der Waals surface area (Å²) in [5, 5.41) is 0. The molecule has 1 aromatic rings. The van der Waals surface area contributed by atoms with Gasteiger partial charge in [-0.2, -0.15) is 0 Å². The zero-order valence-corrected chi connectivity index (χ0v) is 14.7. The van der Waals surface area contributed by atoms with Crippen molar-refractivity contribution in [1.29, 1.82) is 0 Å². The zero-order valence-electron chi connectivity index (χ0n) is 14.7. The summed E-state index contributed by atoms with van der Waals surface area (Å²) in [5.74, 6) is 1.47. The van der Waals surface area contributed by atoms with Crippen LogP contribution in [0.1, 0.15) is 60.0 Å². The summed E-state index contributed by atoms with van der Waals surface area (Å²) in [5.41, 5.74) is 8.66. The maximum absolute atomic E-state index is 12.4. The number of ketones is 1. The molecule has 2 unspecified atom stereocenters. The fourth-order valence-corrected chi connectivity index (χ4v) is 5.92. The SMILES string of the molecule is NC(=O)c1ccc2c(c1)C13CCN(CC4CC4)[C@H](C2)C1CCC(=O)C3. The number of Topliss-reactive ketones (excluding diaryl/α,β-unsaturated/α-hetero) is 1. The standard InChI is InChI=1S/C21H26N2O2/c22-20(25)15-4-3-14-10-19-17-6-5-16(24)11-21(17,18(14)9-15)7-8-23(19)12-13-1-2-13/h3-4,9,13,17,19H,1-2,5-8,10-12H2,(H2,22,25)/t17?,19-,21?/m1/s1. The summed E-state index contributed by atoms with van der Waals surface area (Å²) in [6, 6.07) is 6.54. The second-order valence-corrected chi connectivity index (χ2v) is 8.71. The molecule has 2 bridgehead atoms. The third-order valence-electron chi connectivity index (χ3n) is 7.28. The van der Waals surface area contributed by atoms with Crippen molar-refractivity contribution in [2.75, 3.05) is 13.1 Å². The Kier molecular flexibility index (Phi) is 3.37. The van der Waals surface area contributed by atoms with Crippen molar-refractivity contribution < 1.29 is 9.59 Å². The number of likely N-dealkylation sites (tertiary alicyclic amines) is 1. The van der Waals surface area contributed by atoms with Crippen LogP contribution in [0, 0.1) is 11.8 Å². The molecule has 2 saturated carbocycles. The molecule has 0 radical (unpaired) electrons. The van der Waals surface area contributed by atoms with E-state index in [0.717, 1.165) is 38.1 Å². The van der Waals surface area contributed by atoms with Gasteiger partial charge in [0, 0.05) is 36.4 Å². The topological polar surface area (TPSA) is 63.4 Å². The Morgan fingerprint density at radius 3 is 2.88 bits per heavy atom. The molecule has 1 saturated heterocycles. The van der Waals surface area contributed by atoms with Gasteiger partial charge in [0.15, 0.2) is 0 Å². The van der Waals surface area contributed by atoms with Gasteiger partial charge in [-0.25, -0.2) is 0 Å². The number of amides is 1. The summed E-state index contributed by atoms with van der Waals surface area (Å²) >= 11 is 0. The first-order valence-electron chi connectivity index (χ1n) is 9.76. The molecule has 3 aliphatic carbocycles. The number of primary amides is 1. The van der Waals surface area contributed by atoms with Gasteiger partial charge in [-0.1, -0.05) is 6.07 Å². The number of nitrogens with zero attached hydrogens (tertiary/aromatic N) is 1. The third kappa shape index (κ3) is 2.37. The molecule has 0 spiro atoms. The van der Waals surface area contributed by atoms with Crippen LogP contribution >= 0.6 is 0 Å². The number of rotatable bonds is 3. The summed E-state index contributed by atoms with van der Waals surface area (Å²) in [6.45, 7) is 2.32. The van der Waals surface area contributed by atoms with E-state index < -0.39 is 0 Å². The van der Waals surface area contributed by atoms with Crippen LogP contribution in [0.25, 0.3) is 0 Å². The molecule has 0 aromatic heterocycles. The molecule has 4 aliphatic rings. The van der Waals surface area contributed by atoms with Crippen molar-refractivity contribution in [3.8, 4) is 0 Å². The van der Waals surface area contributed by atoms with Crippen molar-refractivity contribution in [2.45, 2.75) is 56.4 Å². The molecule has 1 aromatic carbocycles. The minimum atomic E-state index is -0.369. The molecule has 1 aliphatic heterocycles. The summed E-state index contributed by atoms with van der Waals surface area (Å²) in [6.07, 6.45) is 7.26. The van der Waals surface area contributed by atoms with Gasteiger partial charge in [0.25, 0.3) is 0 Å². The number of carbonyl (C=O) groups is 2. The first kappa shape index (κ1) is 15.6. The Labute approximate surface area is 148 Å². The average molecular weight is 338 g/mol. The smallest absolute Gasteiger partial charge is 0.248 e. The largest absolute Gasteiger partial charge is 0.366 e. The predicted octanol–water partition coefficient (Wildman–Crippen LogP) is 2.43. The molecular weight excluding hydrogens is 312 g/mol. The third-order valence-corrected chi connectivity index (χ3v) is 7.28. The first-order chi connectivity index (χ1) is 12.1. The van der Waals surface area contributed by atoms with Crippen LogP contribution in [0.4, 0.5) is 0 Å². The number of fused-ring (bicyclic) bond motifs is 1. The van der Waals surface area contributed by atoms with E-state index >= 15 is 0 Å². The second-order valence-electron chi connectivity index (χ2n) is 8.71. The van der Waals surface area contributed by atoms with E-state index in [2.05, 4.69) is 11.0 Å². The van der Waals surface area contributed by atoms with Crippen LogP contribution in [0.5, 0.6) is 0 Å². The van der Waals surface area contributed by atoms with E-state index in [-0.39, 0.29) is 11.3 Å². The van der Waals surface area contributed by atoms with Crippen LogP contribution < -0.4 is 5.73 Å². The van der Waals surface area contributed by atoms with E-state index in [1.807, 2.05) is 12.1 Å². The van der Waals surface area contributed by atoms with Crippen molar-refractivity contribution in [3.63, 3.8) is 0 Å². The number of piperidine rings is 1. The molecule has 5 rings (SSSR count). The highest BCUT2D eigenvalue weighted by molar-refractivity contribution is 5.93. The number of hydrogen-bond donors (Lipinski definition) is 1. The van der Waals surface area contributed by atoms with Gasteiger partial charge in [0.05, 0.1) is 0 Å². The molecule has 3 atom stereocenters. The van der Waals surface area contributed by atoms with Gasteiger partial charge in [0.1, 0.15) is 5.78 Å². The van der Waals surface area contributed by atoms with E-state index in [9.17, 15) is 9.59 Å². The molecule has 2 N–H and O–H groups in total. The molecule has 25 heavy (non-hydrogen) atoms. The van der Waals surface area contributed by atoms with Gasteiger partial charge in [-0.3, -0.25) is 14.5 Å². The highest BCUT2D eigenvalue weighted by Crippen LogP contribution is 2.55. The van der Waals surface area contributed by atoms with Gasteiger partial charge in [0.2, 0.25) is 5.91 Å². The Balaban J connectivity index is 1.60. The number of nitrogens with two attached hydrogens (primary N) is 1. The van der Waals surface area contributed by atoms with Crippen LogP contribution in [0.15, 0.2) is 18.2 Å². The summed E-state index contributed by atoms with van der Waals surface area (Å²) in [7, 11) is 0. The Bertz CT molecular complexity index is 754. The van der Waals surface area contributed by atoms with Gasteiger partial charge < -0.3 is 5.73 Å². The van der Waals surface area contributed by atoms with Crippen molar-refractivity contribution in [2.24, 2.45) is 17.6 Å². The second kappa shape index (κ2) is 5.41. The maximum Gasteiger partial charge on any atom is 0.248 e. The number of hydrogen-bond acceptors (Lipinski definition) is 3. The van der Waals surface area contributed by atoms with E-state index in [1.54, 1.807) is 0 Å². The Hall–Kier alpha value is -1.68. The molecule has 1 amide bonds. The fourth-order valence-electron chi connectivity index (χ4n) is 5.92. The fraction of sp³-hybridized carbons (Fsp3) is 0.619. The predicted molar refractivity (Wildman–Crippen MR) is 95.4 cm³/mol. The van der Waals surface area contributed by atoms with Gasteiger partial charge in [-0.05, 0) is 73.7 Å². The molecule has 132 valence electrons. The van der Waals surface area contributed by atoms with Crippen molar-refractivity contribution in [1.82, 2.24) is 4.90 Å². The highest BCUT2D eigenvalue weighted by atomic mass is 16.1.